The highest BCUT2D eigenvalue weighted by Crippen LogP contribution is 2.38. The molecule has 0 aliphatic rings. The maximum Gasteiger partial charge on any atom is 0.358 e. The molecule has 0 aliphatic heterocycles. The van der Waals surface area contributed by atoms with E-state index in [0.29, 0.717) is 35.8 Å². The minimum Gasteiger partial charge on any atom is -0.497 e. The Bertz CT molecular complexity index is 1060. The van der Waals surface area contributed by atoms with Crippen LogP contribution in [0, 0.1) is 0 Å². The Labute approximate surface area is 187 Å². The normalized spacial score (nSPS) is 10.4. The maximum atomic E-state index is 12.0. The summed E-state index contributed by atoms with van der Waals surface area (Å²) in [6, 6.07) is 11.4. The molecule has 8 heteroatoms. The summed E-state index contributed by atoms with van der Waals surface area (Å²) in [6.07, 6.45) is 2.37. The van der Waals surface area contributed by atoms with Gasteiger partial charge in [-0.3, -0.25) is 4.98 Å². The van der Waals surface area contributed by atoms with Crippen molar-refractivity contribution in [3.8, 4) is 23.0 Å². The predicted octanol–water partition coefficient (Wildman–Crippen LogP) is 3.48. The number of rotatable bonds is 9. The number of ether oxygens (including phenoxy) is 5. The van der Waals surface area contributed by atoms with E-state index in [4.69, 9.17) is 23.7 Å². The van der Waals surface area contributed by atoms with Crippen LogP contribution in [0.5, 0.6) is 23.0 Å². The SMILES string of the molecule is COC(=O)c1cnc(Cc2cc(OC)c(OC)c(OC)c2)c(Cc2ccc(OC)cc2)n1. The molecule has 0 fully saturated rings. The fourth-order valence-electron chi connectivity index (χ4n) is 3.31. The fraction of sp³-hybridized carbons (Fsp3) is 0.292. The third-order valence-electron chi connectivity index (χ3n) is 4.95. The van der Waals surface area contributed by atoms with Gasteiger partial charge in [0.2, 0.25) is 5.75 Å². The molecule has 3 rings (SSSR count). The molecule has 32 heavy (non-hydrogen) atoms. The van der Waals surface area contributed by atoms with Gasteiger partial charge in [-0.2, -0.15) is 0 Å². The third-order valence-corrected chi connectivity index (χ3v) is 4.95. The molecule has 0 spiro atoms. The van der Waals surface area contributed by atoms with Gasteiger partial charge in [-0.15, -0.1) is 0 Å². The number of aromatic nitrogens is 2. The summed E-state index contributed by atoms with van der Waals surface area (Å²) in [5.41, 5.74) is 3.46. The lowest BCUT2D eigenvalue weighted by molar-refractivity contribution is 0.0593. The van der Waals surface area contributed by atoms with Crippen LogP contribution in [-0.4, -0.2) is 51.5 Å². The zero-order valence-electron chi connectivity index (χ0n) is 18.8. The molecule has 0 radical (unpaired) electrons. The number of carbonyl (C=O) groups is 1. The van der Waals surface area contributed by atoms with Crippen LogP contribution in [0.1, 0.15) is 33.0 Å². The second-order valence-corrected chi connectivity index (χ2v) is 6.88. The van der Waals surface area contributed by atoms with Gasteiger partial charge in [0, 0.05) is 12.8 Å². The topological polar surface area (TPSA) is 89.0 Å². The summed E-state index contributed by atoms with van der Waals surface area (Å²) in [4.78, 5) is 21.1. The van der Waals surface area contributed by atoms with E-state index in [0.717, 1.165) is 22.6 Å². The first-order valence-electron chi connectivity index (χ1n) is 9.87. The smallest absolute Gasteiger partial charge is 0.358 e. The van der Waals surface area contributed by atoms with Crippen LogP contribution in [0.15, 0.2) is 42.6 Å². The number of carbonyl (C=O) groups excluding carboxylic acids is 1. The van der Waals surface area contributed by atoms with Crippen molar-refractivity contribution < 1.29 is 28.5 Å². The highest BCUT2D eigenvalue weighted by Gasteiger charge is 2.17. The quantitative estimate of drug-likeness (QED) is 0.469. The minimum absolute atomic E-state index is 0.157. The zero-order valence-corrected chi connectivity index (χ0v) is 18.8. The van der Waals surface area contributed by atoms with Crippen molar-refractivity contribution in [3.05, 3.63) is 70.8 Å². The lowest BCUT2D eigenvalue weighted by Gasteiger charge is -2.15. The number of hydrogen-bond donors (Lipinski definition) is 0. The molecule has 0 saturated carbocycles. The summed E-state index contributed by atoms with van der Waals surface area (Å²) in [5.74, 6) is 1.85. The standard InChI is InChI=1S/C24H26N2O6/c1-28-17-8-6-15(7-9-17)10-19-18(25-14-20(26-19)24(27)32-5)11-16-12-21(29-2)23(31-4)22(13-16)30-3/h6-9,12-14H,10-11H2,1-5H3. The fourth-order valence-corrected chi connectivity index (χ4v) is 3.31. The van der Waals surface area contributed by atoms with E-state index >= 15 is 0 Å². The molecule has 2 aromatic carbocycles. The minimum atomic E-state index is -0.534. The maximum absolute atomic E-state index is 12.0. The molecule has 0 saturated heterocycles. The third kappa shape index (κ3) is 5.08. The number of methoxy groups -OCH3 is 5. The molecule has 0 bridgehead atoms. The first kappa shape index (κ1) is 22.9. The van der Waals surface area contributed by atoms with Crippen LogP contribution in [0.25, 0.3) is 0 Å². The molecule has 1 heterocycles. The largest absolute Gasteiger partial charge is 0.497 e. The van der Waals surface area contributed by atoms with Gasteiger partial charge in [-0.05, 0) is 35.4 Å². The second-order valence-electron chi connectivity index (χ2n) is 6.88. The van der Waals surface area contributed by atoms with Crippen molar-refractivity contribution in [2.75, 3.05) is 35.5 Å². The van der Waals surface area contributed by atoms with E-state index in [-0.39, 0.29) is 5.69 Å². The highest BCUT2D eigenvalue weighted by molar-refractivity contribution is 5.86. The number of benzene rings is 2. The lowest BCUT2D eigenvalue weighted by atomic mass is 10.0. The molecule has 3 aromatic rings. The Morgan fingerprint density at radius 3 is 1.94 bits per heavy atom. The van der Waals surface area contributed by atoms with Crippen molar-refractivity contribution in [3.63, 3.8) is 0 Å². The van der Waals surface area contributed by atoms with Crippen LogP contribution in [0.4, 0.5) is 0 Å². The predicted molar refractivity (Wildman–Crippen MR) is 118 cm³/mol. The Hall–Kier alpha value is -3.81. The van der Waals surface area contributed by atoms with Crippen molar-refractivity contribution in [2.45, 2.75) is 12.8 Å². The summed E-state index contributed by atoms with van der Waals surface area (Å²) < 4.78 is 26.3. The molecular formula is C24H26N2O6. The van der Waals surface area contributed by atoms with E-state index in [1.54, 1.807) is 28.4 Å². The Kier molecular flexibility index (Phi) is 7.49. The van der Waals surface area contributed by atoms with E-state index < -0.39 is 5.97 Å². The lowest BCUT2D eigenvalue weighted by Crippen LogP contribution is -2.11. The van der Waals surface area contributed by atoms with Crippen LogP contribution in [-0.2, 0) is 17.6 Å². The van der Waals surface area contributed by atoms with Crippen molar-refractivity contribution in [2.24, 2.45) is 0 Å². The summed E-state index contributed by atoms with van der Waals surface area (Å²) in [7, 11) is 7.64. The first-order chi connectivity index (χ1) is 15.5. The molecule has 0 aliphatic carbocycles. The molecule has 1 aromatic heterocycles. The van der Waals surface area contributed by atoms with E-state index in [2.05, 4.69) is 9.97 Å². The summed E-state index contributed by atoms with van der Waals surface area (Å²) in [6.45, 7) is 0. The van der Waals surface area contributed by atoms with Crippen LogP contribution >= 0.6 is 0 Å². The second kappa shape index (κ2) is 10.5. The Morgan fingerprint density at radius 2 is 1.41 bits per heavy atom. The van der Waals surface area contributed by atoms with Crippen molar-refractivity contribution >= 4 is 5.97 Å². The van der Waals surface area contributed by atoms with E-state index in [1.165, 1.54) is 13.3 Å². The van der Waals surface area contributed by atoms with Crippen LogP contribution in [0.3, 0.4) is 0 Å². The summed E-state index contributed by atoms with van der Waals surface area (Å²) >= 11 is 0. The summed E-state index contributed by atoms with van der Waals surface area (Å²) in [5, 5.41) is 0. The van der Waals surface area contributed by atoms with E-state index in [1.807, 2.05) is 36.4 Å². The Morgan fingerprint density at radius 1 is 0.781 bits per heavy atom. The Balaban J connectivity index is 2.00. The average Bonchev–Trinajstić information content (AvgIpc) is 2.84. The number of esters is 1. The van der Waals surface area contributed by atoms with Gasteiger partial charge in [0.15, 0.2) is 17.2 Å². The first-order valence-corrected chi connectivity index (χ1v) is 9.87. The molecular weight excluding hydrogens is 412 g/mol. The van der Waals surface area contributed by atoms with Crippen molar-refractivity contribution in [1.82, 2.24) is 9.97 Å². The molecule has 0 amide bonds. The van der Waals surface area contributed by atoms with Crippen molar-refractivity contribution in [1.29, 1.82) is 0 Å². The number of nitrogens with zero attached hydrogens (tertiary/aromatic N) is 2. The van der Waals surface area contributed by atoms with Crippen LogP contribution in [0.2, 0.25) is 0 Å². The van der Waals surface area contributed by atoms with Gasteiger partial charge >= 0.3 is 5.97 Å². The molecule has 168 valence electrons. The van der Waals surface area contributed by atoms with Gasteiger partial charge in [0.05, 0.1) is 53.1 Å². The zero-order chi connectivity index (χ0) is 23.1. The van der Waals surface area contributed by atoms with Gasteiger partial charge < -0.3 is 23.7 Å². The van der Waals surface area contributed by atoms with Gasteiger partial charge in [-0.1, -0.05) is 12.1 Å². The molecule has 8 nitrogen and oxygen atoms in total. The van der Waals surface area contributed by atoms with Gasteiger partial charge in [0.25, 0.3) is 0 Å². The monoisotopic (exact) mass is 438 g/mol. The van der Waals surface area contributed by atoms with E-state index in [9.17, 15) is 4.79 Å². The highest BCUT2D eigenvalue weighted by atomic mass is 16.5. The average molecular weight is 438 g/mol. The molecule has 0 N–H and O–H groups in total. The molecule has 0 atom stereocenters. The molecule has 0 unspecified atom stereocenters. The van der Waals surface area contributed by atoms with Gasteiger partial charge in [-0.25, -0.2) is 9.78 Å². The van der Waals surface area contributed by atoms with Gasteiger partial charge in [0.1, 0.15) is 5.75 Å². The number of hydrogen-bond acceptors (Lipinski definition) is 8. The van der Waals surface area contributed by atoms with Crippen LogP contribution < -0.4 is 18.9 Å².